The molecule has 0 unspecified atom stereocenters. The lowest BCUT2D eigenvalue weighted by Crippen LogP contribution is -2.51. The molecule has 1 saturated heterocycles. The Bertz CT molecular complexity index is 208. The zero-order valence-electron chi connectivity index (χ0n) is 5.79. The van der Waals surface area contributed by atoms with E-state index in [1.807, 2.05) is 0 Å². The van der Waals surface area contributed by atoms with E-state index in [0.29, 0.717) is 0 Å². The number of hydroxylamine groups is 2. The first kappa shape index (κ1) is 8.09. The molecule has 0 spiro atoms. The van der Waals surface area contributed by atoms with Gasteiger partial charge in [0, 0.05) is 0 Å². The van der Waals surface area contributed by atoms with Crippen LogP contribution in [0.5, 0.6) is 0 Å². The highest BCUT2D eigenvalue weighted by molar-refractivity contribution is 7.80. The predicted octanol–water partition coefficient (Wildman–Crippen LogP) is -0.819. The van der Waals surface area contributed by atoms with Gasteiger partial charge in [0.1, 0.15) is 6.42 Å². The number of rotatable bonds is 1. The molecule has 0 radical (unpaired) electrons. The summed E-state index contributed by atoms with van der Waals surface area (Å²) in [7, 11) is 1.31. The zero-order valence-corrected chi connectivity index (χ0v) is 6.60. The fourth-order valence-corrected chi connectivity index (χ4v) is 1.01. The third-order valence-corrected chi connectivity index (χ3v) is 1.42. The van der Waals surface area contributed by atoms with Gasteiger partial charge in [-0.3, -0.25) is 14.4 Å². The van der Waals surface area contributed by atoms with Gasteiger partial charge in [-0.2, -0.15) is 5.06 Å². The van der Waals surface area contributed by atoms with E-state index in [4.69, 9.17) is 0 Å². The highest BCUT2D eigenvalue weighted by atomic mass is 32.1. The van der Waals surface area contributed by atoms with Crippen LogP contribution in [0.2, 0.25) is 0 Å². The highest BCUT2D eigenvalue weighted by Crippen LogP contribution is 2.01. The van der Waals surface area contributed by atoms with Gasteiger partial charge in [0.2, 0.25) is 11.0 Å². The Morgan fingerprint density at radius 3 is 2.73 bits per heavy atom. The van der Waals surface area contributed by atoms with Crippen LogP contribution in [0.1, 0.15) is 6.42 Å². The summed E-state index contributed by atoms with van der Waals surface area (Å²) in [5, 5.41) is 3.15. The number of hydrogen-bond acceptors (Lipinski definition) is 4. The van der Waals surface area contributed by atoms with Gasteiger partial charge < -0.3 is 5.32 Å². The Morgan fingerprint density at radius 1 is 1.64 bits per heavy atom. The first-order valence-corrected chi connectivity index (χ1v) is 3.27. The smallest absolute Gasteiger partial charge is 0.262 e. The van der Waals surface area contributed by atoms with Crippen LogP contribution in [0.3, 0.4) is 0 Å². The van der Waals surface area contributed by atoms with Gasteiger partial charge >= 0.3 is 0 Å². The van der Waals surface area contributed by atoms with E-state index in [9.17, 15) is 9.59 Å². The largest absolute Gasteiger partial charge is 0.300 e. The lowest BCUT2D eigenvalue weighted by atomic mass is 10.3. The molecule has 1 fully saturated rings. The molecule has 0 aromatic heterocycles. The molecule has 60 valence electrons. The zero-order chi connectivity index (χ0) is 8.43. The molecule has 1 heterocycles. The fraction of sp³-hybridized carbons (Fsp3) is 0.400. The third-order valence-electron chi connectivity index (χ3n) is 1.15. The summed E-state index contributed by atoms with van der Waals surface area (Å²) in [6.07, 6.45) is -0.214. The molecule has 0 aromatic rings. The van der Waals surface area contributed by atoms with E-state index < -0.39 is 11.8 Å². The van der Waals surface area contributed by atoms with E-state index >= 15 is 0 Å². The van der Waals surface area contributed by atoms with Crippen molar-refractivity contribution < 1.29 is 14.4 Å². The number of carbonyl (C=O) groups is 2. The highest BCUT2D eigenvalue weighted by Gasteiger charge is 2.27. The van der Waals surface area contributed by atoms with Crippen LogP contribution >= 0.6 is 12.2 Å². The van der Waals surface area contributed by atoms with Crippen LogP contribution in [0.15, 0.2) is 0 Å². The minimum atomic E-state index is -0.443. The summed E-state index contributed by atoms with van der Waals surface area (Å²) in [6, 6.07) is 0. The molecule has 1 N–H and O–H groups in total. The van der Waals surface area contributed by atoms with Gasteiger partial charge in [-0.1, -0.05) is 0 Å². The summed E-state index contributed by atoms with van der Waals surface area (Å²) in [6.45, 7) is 0. The molecule has 1 aliphatic rings. The maximum Gasteiger partial charge on any atom is 0.262 e. The lowest BCUT2D eigenvalue weighted by Gasteiger charge is -2.23. The van der Waals surface area contributed by atoms with Crippen LogP contribution in [-0.4, -0.2) is 29.1 Å². The Balaban J connectivity index is 2.74. The van der Waals surface area contributed by atoms with Crippen molar-refractivity contribution in [2.45, 2.75) is 6.42 Å². The molecule has 11 heavy (non-hydrogen) atoms. The molecule has 0 aromatic carbocycles. The van der Waals surface area contributed by atoms with Gasteiger partial charge in [-0.25, -0.2) is 0 Å². The Morgan fingerprint density at radius 2 is 2.27 bits per heavy atom. The number of carbonyl (C=O) groups excluding carboxylic acids is 2. The SMILES string of the molecule is CON1C(=O)CC(=O)NC1=S. The summed E-state index contributed by atoms with van der Waals surface area (Å²) >= 11 is 4.63. The van der Waals surface area contributed by atoms with Crippen molar-refractivity contribution in [3.05, 3.63) is 0 Å². The van der Waals surface area contributed by atoms with Gasteiger partial charge in [0.25, 0.3) is 5.91 Å². The average Bonchev–Trinajstić information content (AvgIpc) is 1.85. The molecule has 5 nitrogen and oxygen atoms in total. The van der Waals surface area contributed by atoms with Crippen molar-refractivity contribution in [2.24, 2.45) is 0 Å². The molecular formula is C5H6N2O3S. The minimum absolute atomic E-state index is 0.00579. The van der Waals surface area contributed by atoms with E-state index in [0.717, 1.165) is 5.06 Å². The number of nitrogens with one attached hydrogen (secondary N) is 1. The summed E-state index contributed by atoms with van der Waals surface area (Å²) in [5.41, 5.74) is 0. The van der Waals surface area contributed by atoms with E-state index in [-0.39, 0.29) is 11.5 Å². The Labute approximate surface area is 68.3 Å². The van der Waals surface area contributed by atoms with Gasteiger partial charge in [0.05, 0.1) is 7.11 Å². The van der Waals surface area contributed by atoms with Gasteiger partial charge in [-0.05, 0) is 12.2 Å². The topological polar surface area (TPSA) is 58.6 Å². The van der Waals surface area contributed by atoms with Crippen molar-refractivity contribution in [2.75, 3.05) is 7.11 Å². The van der Waals surface area contributed by atoms with Crippen LogP contribution in [0, 0.1) is 0 Å². The second-order valence-electron chi connectivity index (χ2n) is 1.90. The molecule has 0 saturated carbocycles. The molecule has 6 heteroatoms. The summed E-state index contributed by atoms with van der Waals surface area (Å²) in [4.78, 5) is 26.1. The molecular weight excluding hydrogens is 168 g/mol. The van der Waals surface area contributed by atoms with Gasteiger partial charge in [-0.15, -0.1) is 0 Å². The van der Waals surface area contributed by atoms with Crippen LogP contribution < -0.4 is 5.32 Å². The standard InChI is InChI=1S/C5H6N2O3S/c1-10-7-4(9)2-3(8)6-5(7)11/h2H2,1H3,(H,6,8,11). The van der Waals surface area contributed by atoms with Crippen molar-refractivity contribution in [1.82, 2.24) is 10.4 Å². The molecule has 0 bridgehead atoms. The Kier molecular flexibility index (Phi) is 2.16. The van der Waals surface area contributed by atoms with Crippen LogP contribution in [0.25, 0.3) is 0 Å². The summed E-state index contributed by atoms with van der Waals surface area (Å²) < 4.78 is 0. The first-order valence-electron chi connectivity index (χ1n) is 2.86. The van der Waals surface area contributed by atoms with Crippen molar-refractivity contribution in [3.63, 3.8) is 0 Å². The molecule has 0 atom stereocenters. The fourth-order valence-electron chi connectivity index (χ4n) is 0.721. The lowest BCUT2D eigenvalue weighted by molar-refractivity contribution is -0.160. The normalized spacial score (nSPS) is 18.6. The number of thiocarbonyl (C=S) groups is 1. The molecule has 1 aliphatic heterocycles. The van der Waals surface area contributed by atoms with Crippen molar-refractivity contribution >= 4 is 29.1 Å². The minimum Gasteiger partial charge on any atom is -0.300 e. The van der Waals surface area contributed by atoms with Crippen molar-refractivity contribution in [1.29, 1.82) is 0 Å². The summed E-state index contributed by atoms with van der Waals surface area (Å²) in [5.74, 6) is -0.838. The van der Waals surface area contributed by atoms with Crippen LogP contribution in [0.4, 0.5) is 0 Å². The van der Waals surface area contributed by atoms with E-state index in [1.54, 1.807) is 0 Å². The number of amides is 2. The first-order chi connectivity index (χ1) is 5.15. The third kappa shape index (κ3) is 1.52. The maximum atomic E-state index is 10.9. The van der Waals surface area contributed by atoms with Crippen LogP contribution in [-0.2, 0) is 14.4 Å². The number of nitrogens with zero attached hydrogens (tertiary/aromatic N) is 1. The quantitative estimate of drug-likeness (QED) is 0.417. The number of hydrogen-bond donors (Lipinski definition) is 1. The molecule has 0 aliphatic carbocycles. The predicted molar refractivity (Wildman–Crippen MR) is 39.2 cm³/mol. The monoisotopic (exact) mass is 174 g/mol. The maximum absolute atomic E-state index is 10.9. The average molecular weight is 174 g/mol. The molecule has 1 rings (SSSR count). The second kappa shape index (κ2) is 2.93. The van der Waals surface area contributed by atoms with E-state index in [1.165, 1.54) is 7.11 Å². The second-order valence-corrected chi connectivity index (χ2v) is 2.29. The molecule has 2 amide bonds. The van der Waals surface area contributed by atoms with Gasteiger partial charge in [0.15, 0.2) is 0 Å². The Hall–Kier alpha value is -1.01. The van der Waals surface area contributed by atoms with Crippen molar-refractivity contribution in [3.8, 4) is 0 Å². The van der Waals surface area contributed by atoms with E-state index in [2.05, 4.69) is 22.4 Å².